The van der Waals surface area contributed by atoms with Gasteiger partial charge in [-0.25, -0.2) is 0 Å². The van der Waals surface area contributed by atoms with E-state index in [0.29, 0.717) is 28.2 Å². The number of pyridine rings is 1. The molecule has 0 amide bonds. The van der Waals surface area contributed by atoms with Gasteiger partial charge < -0.3 is 14.8 Å². The van der Waals surface area contributed by atoms with E-state index in [4.69, 9.17) is 33.3 Å². The lowest BCUT2D eigenvalue weighted by atomic mass is 10.2. The van der Waals surface area contributed by atoms with Gasteiger partial charge in [0.25, 0.3) is 0 Å². The lowest BCUT2D eigenvalue weighted by Gasteiger charge is -2.11. The van der Waals surface area contributed by atoms with Gasteiger partial charge in [-0.2, -0.15) is 5.10 Å². The van der Waals surface area contributed by atoms with Crippen LogP contribution in [0.25, 0.3) is 0 Å². The van der Waals surface area contributed by atoms with Crippen molar-refractivity contribution in [3.63, 3.8) is 0 Å². The molecule has 6 nitrogen and oxygen atoms in total. The third-order valence-corrected chi connectivity index (χ3v) is 4.24. The SMILES string of the molecule is COc1cc(/C=N/NC(=S)Nc2cccnc2)ccc1OCc1ccc(Cl)cc1. The summed E-state index contributed by atoms with van der Waals surface area (Å²) in [6.45, 7) is 0.413. The quantitative estimate of drug-likeness (QED) is 0.326. The predicted molar refractivity (Wildman–Crippen MR) is 120 cm³/mol. The first-order chi connectivity index (χ1) is 14.1. The maximum atomic E-state index is 5.90. The van der Waals surface area contributed by atoms with Crippen molar-refractivity contribution in [2.45, 2.75) is 6.61 Å². The Bertz CT molecular complexity index is 982. The van der Waals surface area contributed by atoms with E-state index in [1.807, 2.05) is 54.6 Å². The number of hydrogen-bond acceptors (Lipinski definition) is 5. The van der Waals surface area contributed by atoms with Crippen LogP contribution >= 0.6 is 23.8 Å². The molecule has 2 aromatic carbocycles. The molecule has 1 aromatic heterocycles. The molecule has 0 aliphatic rings. The van der Waals surface area contributed by atoms with Crippen molar-refractivity contribution in [2.24, 2.45) is 5.10 Å². The van der Waals surface area contributed by atoms with E-state index in [-0.39, 0.29) is 0 Å². The fourth-order valence-corrected chi connectivity index (χ4v) is 2.68. The van der Waals surface area contributed by atoms with E-state index >= 15 is 0 Å². The molecule has 0 radical (unpaired) electrons. The number of nitrogens with one attached hydrogen (secondary N) is 2. The maximum Gasteiger partial charge on any atom is 0.191 e. The second-order valence-electron chi connectivity index (χ2n) is 5.89. The van der Waals surface area contributed by atoms with Crippen LogP contribution in [0.2, 0.25) is 5.02 Å². The van der Waals surface area contributed by atoms with E-state index in [1.54, 1.807) is 25.7 Å². The molecule has 0 fully saturated rings. The number of rotatable bonds is 7. The Morgan fingerprint density at radius 3 is 2.72 bits per heavy atom. The summed E-state index contributed by atoms with van der Waals surface area (Å²) in [5, 5.41) is 8.18. The second-order valence-corrected chi connectivity index (χ2v) is 6.74. The number of halogens is 1. The van der Waals surface area contributed by atoms with Crippen molar-refractivity contribution in [1.82, 2.24) is 10.4 Å². The Morgan fingerprint density at radius 2 is 2.00 bits per heavy atom. The van der Waals surface area contributed by atoms with Gasteiger partial charge >= 0.3 is 0 Å². The van der Waals surface area contributed by atoms with Gasteiger partial charge in [-0.3, -0.25) is 10.4 Å². The van der Waals surface area contributed by atoms with Crippen LogP contribution < -0.4 is 20.2 Å². The lowest BCUT2D eigenvalue weighted by Crippen LogP contribution is -2.23. The molecule has 3 aromatic rings. The summed E-state index contributed by atoms with van der Waals surface area (Å²) in [6, 6.07) is 16.7. The average Bonchev–Trinajstić information content (AvgIpc) is 2.74. The minimum absolute atomic E-state index is 0.365. The minimum Gasteiger partial charge on any atom is -0.493 e. The predicted octanol–water partition coefficient (Wildman–Crippen LogP) is 4.64. The molecular formula is C21H19ClN4O2S. The van der Waals surface area contributed by atoms with Crippen LogP contribution in [-0.4, -0.2) is 23.4 Å². The third-order valence-electron chi connectivity index (χ3n) is 3.79. The second kappa shape index (κ2) is 10.4. The number of nitrogens with zero attached hydrogens (tertiary/aromatic N) is 2. The number of methoxy groups -OCH3 is 1. The van der Waals surface area contributed by atoms with Crippen LogP contribution in [0.5, 0.6) is 11.5 Å². The lowest BCUT2D eigenvalue weighted by molar-refractivity contribution is 0.284. The molecule has 0 bridgehead atoms. The topological polar surface area (TPSA) is 67.8 Å². The van der Waals surface area contributed by atoms with E-state index in [1.165, 1.54) is 0 Å². The average molecular weight is 427 g/mol. The maximum absolute atomic E-state index is 5.90. The van der Waals surface area contributed by atoms with Gasteiger partial charge in [-0.15, -0.1) is 0 Å². The standard InChI is InChI=1S/C21H19ClN4O2S/c1-27-20-11-16(12-24-26-21(29)25-18-3-2-10-23-13-18)6-9-19(20)28-14-15-4-7-17(22)8-5-15/h2-13H,14H2,1H3,(H2,25,26,29)/b24-12+. The normalized spacial score (nSPS) is 10.6. The van der Waals surface area contributed by atoms with E-state index < -0.39 is 0 Å². The Morgan fingerprint density at radius 1 is 1.17 bits per heavy atom. The third kappa shape index (κ3) is 6.44. The number of ether oxygens (including phenoxy) is 2. The molecule has 0 aliphatic heterocycles. The van der Waals surface area contributed by atoms with Gasteiger partial charge in [0, 0.05) is 11.2 Å². The van der Waals surface area contributed by atoms with E-state index in [2.05, 4.69) is 20.8 Å². The molecule has 0 unspecified atom stereocenters. The fourth-order valence-electron chi connectivity index (χ4n) is 2.39. The summed E-state index contributed by atoms with van der Waals surface area (Å²) in [6.07, 6.45) is 5.00. The van der Waals surface area contributed by atoms with Crippen LogP contribution in [-0.2, 0) is 6.61 Å². The highest BCUT2D eigenvalue weighted by Crippen LogP contribution is 2.28. The van der Waals surface area contributed by atoms with Crippen LogP contribution in [0.3, 0.4) is 0 Å². The zero-order valence-corrected chi connectivity index (χ0v) is 17.2. The number of benzene rings is 2. The number of anilines is 1. The molecule has 29 heavy (non-hydrogen) atoms. The highest BCUT2D eigenvalue weighted by Gasteiger charge is 2.06. The number of hydrazone groups is 1. The summed E-state index contributed by atoms with van der Waals surface area (Å²) in [5.41, 5.74) is 5.39. The van der Waals surface area contributed by atoms with Crippen LogP contribution in [0, 0.1) is 0 Å². The first-order valence-electron chi connectivity index (χ1n) is 8.69. The molecular weight excluding hydrogens is 408 g/mol. The number of hydrogen-bond donors (Lipinski definition) is 2. The monoisotopic (exact) mass is 426 g/mol. The summed E-state index contributed by atoms with van der Waals surface area (Å²) in [4.78, 5) is 4.01. The molecule has 0 atom stereocenters. The molecule has 0 saturated heterocycles. The summed E-state index contributed by atoms with van der Waals surface area (Å²) < 4.78 is 11.3. The summed E-state index contributed by atoms with van der Waals surface area (Å²) >= 11 is 11.1. The van der Waals surface area contributed by atoms with Gasteiger partial charge in [0.15, 0.2) is 16.6 Å². The van der Waals surface area contributed by atoms with Crippen molar-refractivity contribution in [3.05, 3.63) is 83.1 Å². The zero-order valence-electron chi connectivity index (χ0n) is 15.6. The first kappa shape index (κ1) is 20.6. The summed E-state index contributed by atoms with van der Waals surface area (Å²) in [5.74, 6) is 1.25. The molecule has 0 spiro atoms. The Labute approximate surface area is 179 Å². The Balaban J connectivity index is 1.56. The Hall–Kier alpha value is -3.16. The van der Waals surface area contributed by atoms with E-state index in [9.17, 15) is 0 Å². The minimum atomic E-state index is 0.365. The van der Waals surface area contributed by atoms with Crippen molar-refractivity contribution in [1.29, 1.82) is 0 Å². The van der Waals surface area contributed by atoms with Gasteiger partial charge in [0.05, 0.1) is 25.2 Å². The molecule has 8 heteroatoms. The van der Waals surface area contributed by atoms with Crippen molar-refractivity contribution in [3.8, 4) is 11.5 Å². The van der Waals surface area contributed by atoms with Gasteiger partial charge in [0.2, 0.25) is 0 Å². The van der Waals surface area contributed by atoms with E-state index in [0.717, 1.165) is 16.8 Å². The fraction of sp³-hybridized carbons (Fsp3) is 0.0952. The number of thiocarbonyl (C=S) groups is 1. The summed E-state index contributed by atoms with van der Waals surface area (Å²) in [7, 11) is 1.59. The van der Waals surface area contributed by atoms with Crippen molar-refractivity contribution in [2.75, 3.05) is 12.4 Å². The highest BCUT2D eigenvalue weighted by molar-refractivity contribution is 7.80. The molecule has 2 N–H and O–H groups in total. The zero-order chi connectivity index (χ0) is 20.5. The molecule has 148 valence electrons. The number of aromatic nitrogens is 1. The highest BCUT2D eigenvalue weighted by atomic mass is 35.5. The first-order valence-corrected chi connectivity index (χ1v) is 9.48. The van der Waals surface area contributed by atoms with Gasteiger partial charge in [0.1, 0.15) is 6.61 Å². The van der Waals surface area contributed by atoms with Gasteiger partial charge in [-0.05, 0) is 65.8 Å². The smallest absolute Gasteiger partial charge is 0.191 e. The molecule has 0 aliphatic carbocycles. The van der Waals surface area contributed by atoms with Gasteiger partial charge in [-0.1, -0.05) is 23.7 Å². The van der Waals surface area contributed by atoms with Crippen LogP contribution in [0.1, 0.15) is 11.1 Å². The van der Waals surface area contributed by atoms with Crippen LogP contribution in [0.4, 0.5) is 5.69 Å². The van der Waals surface area contributed by atoms with Crippen LogP contribution in [0.15, 0.2) is 72.1 Å². The molecule has 0 saturated carbocycles. The molecule has 1 heterocycles. The Kier molecular flexibility index (Phi) is 7.38. The molecule has 3 rings (SSSR count). The van der Waals surface area contributed by atoms with Crippen molar-refractivity contribution < 1.29 is 9.47 Å². The van der Waals surface area contributed by atoms with Crippen molar-refractivity contribution >= 4 is 40.8 Å². The largest absolute Gasteiger partial charge is 0.493 e.